The van der Waals surface area contributed by atoms with E-state index in [1.807, 2.05) is 27.7 Å². The van der Waals surface area contributed by atoms with E-state index in [0.29, 0.717) is 24.7 Å². The molecule has 7 nitrogen and oxygen atoms in total. The van der Waals surface area contributed by atoms with Gasteiger partial charge in [0.05, 0.1) is 24.3 Å². The summed E-state index contributed by atoms with van der Waals surface area (Å²) in [5.74, 6) is -0.945. The molecule has 9 heteroatoms. The molecular formula is C18H27KO7S. The van der Waals surface area contributed by atoms with Crippen molar-refractivity contribution in [1.29, 1.82) is 0 Å². The van der Waals surface area contributed by atoms with Crippen molar-refractivity contribution >= 4 is 22.1 Å². The molecule has 0 saturated carbocycles. The van der Waals surface area contributed by atoms with Crippen LogP contribution < -0.4 is 51.4 Å². The van der Waals surface area contributed by atoms with E-state index in [-0.39, 0.29) is 77.2 Å². The minimum atomic E-state index is -4.72. The Balaban J connectivity index is 0. The van der Waals surface area contributed by atoms with E-state index in [1.54, 1.807) is 0 Å². The normalized spacial score (nSPS) is 11.2. The molecule has 0 radical (unpaired) electrons. The third-order valence-electron chi connectivity index (χ3n) is 3.57. The van der Waals surface area contributed by atoms with Crippen LogP contribution >= 0.6 is 0 Å². The van der Waals surface area contributed by atoms with Crippen molar-refractivity contribution in [2.45, 2.75) is 45.4 Å². The van der Waals surface area contributed by atoms with E-state index < -0.39 is 27.0 Å². The number of carbonyl (C=O) groups is 2. The fourth-order valence-corrected chi connectivity index (χ4v) is 2.67. The maximum Gasteiger partial charge on any atom is 1.00 e. The number of esters is 2. The Bertz CT molecular complexity index is 748. The van der Waals surface area contributed by atoms with Crippen molar-refractivity contribution in [2.75, 3.05) is 13.2 Å². The van der Waals surface area contributed by atoms with Crippen molar-refractivity contribution in [3.63, 3.8) is 0 Å². The average Bonchev–Trinajstić information content (AvgIpc) is 2.52. The van der Waals surface area contributed by atoms with Gasteiger partial charge in [-0.3, -0.25) is 4.55 Å². The Morgan fingerprint density at radius 1 is 1.00 bits per heavy atom. The first-order chi connectivity index (χ1) is 12.0. The van der Waals surface area contributed by atoms with Gasteiger partial charge in [-0.2, -0.15) is 8.42 Å². The van der Waals surface area contributed by atoms with E-state index in [0.717, 1.165) is 12.1 Å². The number of hydrogen-bond donors (Lipinski definition) is 1. The molecule has 0 aliphatic rings. The van der Waals surface area contributed by atoms with Crippen LogP contribution in [0, 0.1) is 11.8 Å². The van der Waals surface area contributed by atoms with Crippen molar-refractivity contribution in [3.05, 3.63) is 29.3 Å². The van der Waals surface area contributed by atoms with Gasteiger partial charge in [-0.1, -0.05) is 27.7 Å². The molecule has 0 aromatic heterocycles. The summed E-state index contributed by atoms with van der Waals surface area (Å²) in [6.45, 7) is 8.18. The van der Waals surface area contributed by atoms with Crippen LogP contribution in [0.2, 0.25) is 0 Å². The molecular weight excluding hydrogens is 399 g/mol. The summed E-state index contributed by atoms with van der Waals surface area (Å²) < 4.78 is 42.7. The number of ether oxygens (including phenoxy) is 2. The van der Waals surface area contributed by atoms with Crippen LogP contribution in [0.1, 0.15) is 62.7 Å². The number of carbonyl (C=O) groups excluding carboxylic acids is 2. The van der Waals surface area contributed by atoms with Gasteiger partial charge in [0.2, 0.25) is 0 Å². The first kappa shape index (κ1) is 26.7. The second kappa shape index (κ2) is 12.3. The summed E-state index contributed by atoms with van der Waals surface area (Å²) in [4.78, 5) is 23.5. The topological polar surface area (TPSA) is 107 Å². The van der Waals surface area contributed by atoms with Crippen molar-refractivity contribution in [1.82, 2.24) is 0 Å². The van der Waals surface area contributed by atoms with Crippen LogP contribution in [-0.2, 0) is 19.6 Å². The quantitative estimate of drug-likeness (QED) is 0.347. The molecule has 0 spiro atoms. The molecule has 0 saturated heterocycles. The fraction of sp³-hybridized carbons (Fsp3) is 0.556. The largest absolute Gasteiger partial charge is 1.00 e. The van der Waals surface area contributed by atoms with Crippen LogP contribution in [0.25, 0.3) is 0 Å². The summed E-state index contributed by atoms with van der Waals surface area (Å²) in [5.41, 5.74) is -0.393. The molecule has 1 aromatic rings. The van der Waals surface area contributed by atoms with Gasteiger partial charge in [0.1, 0.15) is 4.90 Å². The monoisotopic (exact) mass is 426 g/mol. The van der Waals surface area contributed by atoms with Gasteiger partial charge in [0.25, 0.3) is 10.1 Å². The molecule has 27 heavy (non-hydrogen) atoms. The van der Waals surface area contributed by atoms with Gasteiger partial charge < -0.3 is 10.9 Å². The Morgan fingerprint density at radius 3 is 1.93 bits per heavy atom. The van der Waals surface area contributed by atoms with E-state index in [4.69, 9.17) is 9.47 Å². The summed E-state index contributed by atoms with van der Waals surface area (Å²) in [6, 6.07) is 3.33. The number of benzene rings is 1. The van der Waals surface area contributed by atoms with Gasteiger partial charge in [0.15, 0.2) is 0 Å². The molecule has 0 bridgehead atoms. The molecule has 1 rings (SSSR count). The second-order valence-corrected chi connectivity index (χ2v) is 8.21. The van der Waals surface area contributed by atoms with Crippen LogP contribution in [0.4, 0.5) is 0 Å². The average molecular weight is 427 g/mol. The molecule has 0 heterocycles. The van der Waals surface area contributed by atoms with E-state index in [1.165, 1.54) is 6.07 Å². The maximum atomic E-state index is 12.1. The first-order valence-corrected chi connectivity index (χ1v) is 9.92. The summed E-state index contributed by atoms with van der Waals surface area (Å²) >= 11 is 0. The van der Waals surface area contributed by atoms with E-state index >= 15 is 0 Å². The third-order valence-corrected chi connectivity index (χ3v) is 4.47. The molecule has 0 atom stereocenters. The minimum absolute atomic E-state index is 0. The smallest absolute Gasteiger partial charge is 1.00 e. The van der Waals surface area contributed by atoms with Crippen LogP contribution in [-0.4, -0.2) is 38.1 Å². The van der Waals surface area contributed by atoms with Gasteiger partial charge >= 0.3 is 63.3 Å². The molecule has 0 unspecified atom stereocenters. The Kier molecular flexibility index (Phi) is 12.2. The fourth-order valence-electron chi connectivity index (χ4n) is 1.97. The Hall–Kier alpha value is -0.294. The third kappa shape index (κ3) is 9.64. The first-order valence-electron chi connectivity index (χ1n) is 8.48. The zero-order valence-electron chi connectivity index (χ0n) is 17.5. The molecule has 0 amide bonds. The van der Waals surface area contributed by atoms with Gasteiger partial charge in [0, 0.05) is 0 Å². The van der Waals surface area contributed by atoms with E-state index in [2.05, 4.69) is 0 Å². The molecule has 1 aromatic carbocycles. The predicted octanol–water partition coefficient (Wildman–Crippen LogP) is 0.456. The van der Waals surface area contributed by atoms with Crippen molar-refractivity contribution in [2.24, 2.45) is 11.8 Å². The molecule has 1 N–H and O–H groups in total. The minimum Gasteiger partial charge on any atom is -1.00 e. The van der Waals surface area contributed by atoms with E-state index in [9.17, 15) is 22.6 Å². The molecule has 0 aliphatic carbocycles. The number of hydrogen-bond acceptors (Lipinski definition) is 6. The SMILES string of the molecule is CC(C)CCOC(=O)c1ccc(C(=O)OCCC(C)C)c(S(=O)(=O)O)c1.[H-].[K+]. The summed E-state index contributed by atoms with van der Waals surface area (Å²) in [6.07, 6.45) is 1.28. The second-order valence-electron chi connectivity index (χ2n) is 6.82. The molecule has 0 aliphatic heterocycles. The molecule has 148 valence electrons. The van der Waals surface area contributed by atoms with Crippen LogP contribution in [0.3, 0.4) is 0 Å². The van der Waals surface area contributed by atoms with Crippen LogP contribution in [0.15, 0.2) is 23.1 Å². The van der Waals surface area contributed by atoms with Crippen LogP contribution in [0.5, 0.6) is 0 Å². The summed E-state index contributed by atoms with van der Waals surface area (Å²) in [5, 5.41) is 0. The van der Waals surface area contributed by atoms with Gasteiger partial charge in [-0.15, -0.1) is 0 Å². The number of rotatable bonds is 9. The van der Waals surface area contributed by atoms with Crippen molar-refractivity contribution in [3.8, 4) is 0 Å². The zero-order valence-corrected chi connectivity index (χ0v) is 20.5. The Morgan fingerprint density at radius 2 is 1.48 bits per heavy atom. The van der Waals surface area contributed by atoms with Gasteiger partial charge in [-0.05, 0) is 42.9 Å². The van der Waals surface area contributed by atoms with Crippen molar-refractivity contribution < 1.29 is 84.8 Å². The standard InChI is InChI=1S/C18H26O7S.K.H/c1-12(2)7-9-24-17(19)14-5-6-15(16(11-14)26(21,22)23)18(20)25-10-8-13(3)4;;/h5-6,11-13H,7-10H2,1-4H3,(H,21,22,23);;/q;+1;-1. The summed E-state index contributed by atoms with van der Waals surface area (Å²) in [7, 11) is -4.72. The van der Waals surface area contributed by atoms with Gasteiger partial charge in [-0.25, -0.2) is 9.59 Å². The molecule has 0 fully saturated rings. The predicted molar refractivity (Wildman–Crippen MR) is 96.8 cm³/mol. The Labute approximate surface area is 204 Å². The maximum absolute atomic E-state index is 12.1. The zero-order chi connectivity index (χ0) is 19.9.